The van der Waals surface area contributed by atoms with Crippen molar-refractivity contribution in [2.24, 2.45) is 0 Å². The topological polar surface area (TPSA) is 89.0 Å². The first-order chi connectivity index (χ1) is 11.5. The molecule has 0 aliphatic rings. The summed E-state index contributed by atoms with van der Waals surface area (Å²) in [7, 11) is -3.71. The molecule has 3 aromatic rings. The second-order valence-electron chi connectivity index (χ2n) is 5.05. The molecule has 122 valence electrons. The van der Waals surface area contributed by atoms with Crippen LogP contribution in [0.3, 0.4) is 0 Å². The summed E-state index contributed by atoms with van der Waals surface area (Å²) < 4.78 is 31.1. The molecule has 1 heterocycles. The number of aromatic nitrogens is 2. The molecule has 8 heteroatoms. The molecule has 1 aromatic heterocycles. The van der Waals surface area contributed by atoms with Gasteiger partial charge in [0.25, 0.3) is 10.0 Å². The van der Waals surface area contributed by atoms with Gasteiger partial charge in [-0.2, -0.15) is 0 Å². The Hall–Kier alpha value is -2.58. The molecule has 24 heavy (non-hydrogen) atoms. The number of anilines is 1. The van der Waals surface area contributed by atoms with Crippen molar-refractivity contribution < 1.29 is 13.2 Å². The lowest BCUT2D eigenvalue weighted by Crippen LogP contribution is -2.13. The van der Waals surface area contributed by atoms with Gasteiger partial charge in [-0.25, -0.2) is 8.42 Å². The highest BCUT2D eigenvalue weighted by molar-refractivity contribution is 7.92. The molecule has 0 aliphatic heterocycles. The zero-order valence-corrected chi connectivity index (χ0v) is 14.3. The zero-order chi connectivity index (χ0) is 17.2. The first-order valence-electron chi connectivity index (χ1n) is 6.97. The lowest BCUT2D eigenvalue weighted by Gasteiger charge is -2.09. The van der Waals surface area contributed by atoms with Gasteiger partial charge in [0.1, 0.15) is 5.69 Å². The van der Waals surface area contributed by atoms with E-state index in [1.54, 1.807) is 24.3 Å². The van der Waals surface area contributed by atoms with Crippen LogP contribution in [0.2, 0.25) is 0 Å². The Bertz CT molecular complexity index is 949. The van der Waals surface area contributed by atoms with E-state index >= 15 is 0 Å². The maximum absolute atomic E-state index is 12.4. The first kappa shape index (κ1) is 16.3. The van der Waals surface area contributed by atoms with Gasteiger partial charge in [-0.3, -0.25) is 9.52 Å². The van der Waals surface area contributed by atoms with Crippen LogP contribution >= 0.6 is 11.5 Å². The van der Waals surface area contributed by atoms with E-state index in [9.17, 15) is 13.2 Å². The predicted molar refractivity (Wildman–Crippen MR) is 92.6 cm³/mol. The van der Waals surface area contributed by atoms with Gasteiger partial charge >= 0.3 is 0 Å². The highest BCUT2D eigenvalue weighted by atomic mass is 32.2. The molecule has 0 radical (unpaired) electrons. The van der Waals surface area contributed by atoms with Crippen molar-refractivity contribution in [2.75, 3.05) is 4.72 Å². The molecule has 0 amide bonds. The van der Waals surface area contributed by atoms with E-state index in [1.807, 2.05) is 5.38 Å². The summed E-state index contributed by atoms with van der Waals surface area (Å²) in [5, 5.41) is 5.78. The van der Waals surface area contributed by atoms with Crippen molar-refractivity contribution in [1.29, 1.82) is 0 Å². The highest BCUT2D eigenvalue weighted by Crippen LogP contribution is 2.22. The summed E-state index contributed by atoms with van der Waals surface area (Å²) >= 11 is 1.25. The maximum Gasteiger partial charge on any atom is 0.261 e. The van der Waals surface area contributed by atoms with Crippen molar-refractivity contribution >= 4 is 33.0 Å². The lowest BCUT2D eigenvalue weighted by atomic mass is 10.2. The van der Waals surface area contributed by atoms with Gasteiger partial charge in [0.2, 0.25) is 0 Å². The van der Waals surface area contributed by atoms with E-state index in [-0.39, 0.29) is 10.7 Å². The Kier molecular flexibility index (Phi) is 4.41. The molecule has 1 N–H and O–H groups in total. The van der Waals surface area contributed by atoms with Crippen molar-refractivity contribution in [3.8, 4) is 11.3 Å². The molecule has 6 nitrogen and oxygen atoms in total. The Balaban J connectivity index is 1.80. The highest BCUT2D eigenvalue weighted by Gasteiger charge is 2.14. The SMILES string of the molecule is CC(=O)c1ccc(S(=O)(=O)Nc2ccc(-c3csnn3)cc2)cc1. The van der Waals surface area contributed by atoms with Gasteiger partial charge in [-0.1, -0.05) is 28.8 Å². The first-order valence-corrected chi connectivity index (χ1v) is 9.29. The van der Waals surface area contributed by atoms with Gasteiger partial charge < -0.3 is 0 Å². The van der Waals surface area contributed by atoms with Crippen LogP contribution in [-0.4, -0.2) is 23.8 Å². The van der Waals surface area contributed by atoms with Crippen molar-refractivity contribution in [2.45, 2.75) is 11.8 Å². The average Bonchev–Trinajstić information content (AvgIpc) is 3.10. The van der Waals surface area contributed by atoms with Gasteiger partial charge in [0.15, 0.2) is 5.78 Å². The number of rotatable bonds is 5. The number of sulfonamides is 1. The van der Waals surface area contributed by atoms with Gasteiger partial charge in [-0.15, -0.1) is 5.10 Å². The largest absolute Gasteiger partial charge is 0.295 e. The molecule has 0 spiro atoms. The number of hydrogen-bond donors (Lipinski definition) is 1. The fourth-order valence-corrected chi connectivity index (χ4v) is 3.61. The van der Waals surface area contributed by atoms with E-state index in [4.69, 9.17) is 0 Å². The molecular formula is C16H13N3O3S2. The summed E-state index contributed by atoms with van der Waals surface area (Å²) in [4.78, 5) is 11.4. The number of carbonyl (C=O) groups excluding carboxylic acids is 1. The second-order valence-corrected chi connectivity index (χ2v) is 7.35. The van der Waals surface area contributed by atoms with Gasteiger partial charge in [-0.05, 0) is 42.7 Å². The van der Waals surface area contributed by atoms with E-state index in [0.717, 1.165) is 11.3 Å². The quantitative estimate of drug-likeness (QED) is 0.707. The molecule has 0 bridgehead atoms. The molecular weight excluding hydrogens is 346 g/mol. The summed E-state index contributed by atoms with van der Waals surface area (Å²) in [6.07, 6.45) is 0. The minimum Gasteiger partial charge on any atom is -0.295 e. The lowest BCUT2D eigenvalue weighted by molar-refractivity contribution is 0.101. The number of nitrogens with one attached hydrogen (secondary N) is 1. The number of nitrogens with zero attached hydrogens (tertiary/aromatic N) is 2. The molecule has 0 fully saturated rings. The van der Waals surface area contributed by atoms with Gasteiger partial charge in [0.05, 0.1) is 4.90 Å². The number of ketones is 1. The van der Waals surface area contributed by atoms with Crippen molar-refractivity contribution in [3.05, 3.63) is 59.5 Å². The third-order valence-electron chi connectivity index (χ3n) is 3.36. The van der Waals surface area contributed by atoms with Crippen LogP contribution in [-0.2, 0) is 10.0 Å². The van der Waals surface area contributed by atoms with Crippen molar-refractivity contribution in [3.63, 3.8) is 0 Å². The summed E-state index contributed by atoms with van der Waals surface area (Å²) in [5.74, 6) is -0.112. The Morgan fingerprint density at radius 1 is 1.04 bits per heavy atom. The number of benzene rings is 2. The zero-order valence-electron chi connectivity index (χ0n) is 12.6. The molecule has 0 saturated carbocycles. The second kappa shape index (κ2) is 6.50. The molecule has 3 rings (SSSR count). The molecule has 0 atom stereocenters. The van der Waals surface area contributed by atoms with E-state index < -0.39 is 10.0 Å². The van der Waals surface area contributed by atoms with E-state index in [2.05, 4.69) is 14.3 Å². The van der Waals surface area contributed by atoms with Gasteiger partial charge in [0, 0.05) is 22.2 Å². The number of Topliss-reactive ketones (excluding diaryl/α,β-unsaturated/α-hetero) is 1. The van der Waals surface area contributed by atoms with Crippen LogP contribution in [0.4, 0.5) is 5.69 Å². The smallest absolute Gasteiger partial charge is 0.261 e. The van der Waals surface area contributed by atoms with Crippen LogP contribution in [0.25, 0.3) is 11.3 Å². The standard InChI is InChI=1S/C16H13N3O3S2/c1-11(20)12-4-8-15(9-5-12)24(21,22)18-14-6-2-13(3-7-14)16-10-23-19-17-16/h2-10,18H,1H3. The summed E-state index contributed by atoms with van der Waals surface area (Å²) in [6.45, 7) is 1.43. The fourth-order valence-electron chi connectivity index (χ4n) is 2.08. The van der Waals surface area contributed by atoms with Crippen LogP contribution in [0.1, 0.15) is 17.3 Å². The molecule has 0 aliphatic carbocycles. The van der Waals surface area contributed by atoms with E-state index in [0.29, 0.717) is 11.3 Å². The number of hydrogen-bond acceptors (Lipinski definition) is 6. The minimum atomic E-state index is -3.71. The minimum absolute atomic E-state index is 0.0975. The van der Waals surface area contributed by atoms with Crippen LogP contribution in [0.15, 0.2) is 58.8 Å². The number of carbonyl (C=O) groups is 1. The third-order valence-corrected chi connectivity index (χ3v) is 5.27. The average molecular weight is 359 g/mol. The molecule has 2 aromatic carbocycles. The normalized spacial score (nSPS) is 11.2. The summed E-state index contributed by atoms with van der Waals surface area (Å²) in [6, 6.07) is 12.7. The van der Waals surface area contributed by atoms with Crippen LogP contribution in [0.5, 0.6) is 0 Å². The maximum atomic E-state index is 12.4. The third kappa shape index (κ3) is 3.50. The predicted octanol–water partition coefficient (Wildman–Crippen LogP) is 3.21. The Morgan fingerprint density at radius 2 is 1.71 bits per heavy atom. The fraction of sp³-hybridized carbons (Fsp3) is 0.0625. The van der Waals surface area contributed by atoms with Crippen LogP contribution < -0.4 is 4.72 Å². The van der Waals surface area contributed by atoms with Crippen molar-refractivity contribution in [1.82, 2.24) is 9.59 Å². The Labute approximate surface area is 143 Å². The summed E-state index contributed by atoms with van der Waals surface area (Å²) in [5.41, 5.74) is 2.51. The molecule has 0 unspecified atom stereocenters. The Morgan fingerprint density at radius 3 is 2.25 bits per heavy atom. The van der Waals surface area contributed by atoms with Crippen LogP contribution in [0, 0.1) is 0 Å². The van der Waals surface area contributed by atoms with E-state index in [1.165, 1.54) is 42.7 Å². The molecule has 0 saturated heterocycles. The monoisotopic (exact) mass is 359 g/mol.